The molecular weight excluding hydrogens is 334 g/mol. The molecule has 0 fully saturated rings. The summed E-state index contributed by atoms with van der Waals surface area (Å²) in [5.41, 5.74) is -0.517. The van der Waals surface area contributed by atoms with Crippen molar-refractivity contribution in [2.75, 3.05) is 25.4 Å². The maximum absolute atomic E-state index is 13.8. The van der Waals surface area contributed by atoms with Crippen molar-refractivity contribution in [1.29, 1.82) is 0 Å². The zero-order valence-corrected chi connectivity index (χ0v) is 13.4. The van der Waals surface area contributed by atoms with E-state index in [1.807, 2.05) is 0 Å². The minimum atomic E-state index is -1.11. The smallest absolute Gasteiger partial charge is 0.274 e. The van der Waals surface area contributed by atoms with E-state index in [1.54, 1.807) is 24.3 Å². The molecule has 0 saturated carbocycles. The van der Waals surface area contributed by atoms with E-state index >= 15 is 0 Å². The summed E-state index contributed by atoms with van der Waals surface area (Å²) in [5, 5.41) is 1.86. The molecule has 0 radical (unpaired) electrons. The van der Waals surface area contributed by atoms with Gasteiger partial charge in [-0.05, 0) is 36.4 Å². The van der Waals surface area contributed by atoms with Gasteiger partial charge < -0.3 is 14.8 Å². The number of hydrogen-bond acceptors (Lipinski definition) is 4. The molecule has 0 bridgehead atoms. The number of hydrogen-bond donors (Lipinski definition) is 1. The minimum absolute atomic E-state index is 0.347. The van der Waals surface area contributed by atoms with Gasteiger partial charge in [0.05, 0.1) is 13.7 Å². The molecule has 132 valence electrons. The van der Waals surface area contributed by atoms with Gasteiger partial charge in [0.1, 0.15) is 23.0 Å². The van der Waals surface area contributed by atoms with Crippen LogP contribution in [0.15, 0.2) is 48.5 Å². The van der Waals surface area contributed by atoms with Gasteiger partial charge in [0.2, 0.25) is 0 Å². The standard InChI is InChI=1S/C17H16F2N2O4/c1-24-12-6-8-13(9-7-12)25-11-16(22)20-10-17(23)21(19)15-5-3-2-4-14(15)18/h2-9H,10-11H2,1H3,(H,20,22). The van der Waals surface area contributed by atoms with Crippen molar-refractivity contribution in [3.05, 3.63) is 54.3 Å². The molecule has 2 aromatic carbocycles. The highest BCUT2D eigenvalue weighted by Crippen LogP contribution is 2.19. The lowest BCUT2D eigenvalue weighted by atomic mass is 10.3. The first-order chi connectivity index (χ1) is 12.0. The second-order valence-electron chi connectivity index (χ2n) is 4.87. The highest BCUT2D eigenvalue weighted by molar-refractivity contribution is 5.95. The summed E-state index contributed by atoms with van der Waals surface area (Å²) in [6, 6.07) is 11.4. The van der Waals surface area contributed by atoms with Gasteiger partial charge in [-0.3, -0.25) is 9.59 Å². The lowest BCUT2D eigenvalue weighted by Crippen LogP contribution is -2.38. The molecule has 0 aliphatic rings. The van der Waals surface area contributed by atoms with Gasteiger partial charge in [0, 0.05) is 0 Å². The summed E-state index contributed by atoms with van der Waals surface area (Å²) in [4.78, 5) is 23.3. The number of benzene rings is 2. The molecule has 0 unspecified atom stereocenters. The molecule has 6 nitrogen and oxygen atoms in total. The van der Waals surface area contributed by atoms with Gasteiger partial charge in [-0.1, -0.05) is 16.6 Å². The summed E-state index contributed by atoms with van der Waals surface area (Å²) in [7, 11) is 1.52. The van der Waals surface area contributed by atoms with E-state index in [0.29, 0.717) is 11.5 Å². The number of halogens is 2. The number of ether oxygens (including phenoxy) is 2. The van der Waals surface area contributed by atoms with Crippen molar-refractivity contribution in [2.24, 2.45) is 0 Å². The molecule has 2 rings (SSSR count). The maximum Gasteiger partial charge on any atom is 0.274 e. The van der Waals surface area contributed by atoms with E-state index < -0.39 is 29.9 Å². The first-order valence-corrected chi connectivity index (χ1v) is 7.28. The Labute approximate surface area is 142 Å². The van der Waals surface area contributed by atoms with Crippen molar-refractivity contribution >= 4 is 17.5 Å². The zero-order valence-electron chi connectivity index (χ0n) is 13.4. The quantitative estimate of drug-likeness (QED) is 0.778. The average Bonchev–Trinajstić information content (AvgIpc) is 2.64. The fraction of sp³-hybridized carbons (Fsp3) is 0.176. The monoisotopic (exact) mass is 350 g/mol. The van der Waals surface area contributed by atoms with Gasteiger partial charge in [-0.15, -0.1) is 5.12 Å². The summed E-state index contributed by atoms with van der Waals surface area (Å²) in [6.07, 6.45) is 0. The third-order valence-corrected chi connectivity index (χ3v) is 3.15. The highest BCUT2D eigenvalue weighted by Gasteiger charge is 2.19. The second-order valence-corrected chi connectivity index (χ2v) is 4.87. The van der Waals surface area contributed by atoms with Crippen molar-refractivity contribution in [3.8, 4) is 11.5 Å². The molecule has 1 N–H and O–H groups in total. The zero-order chi connectivity index (χ0) is 18.2. The lowest BCUT2D eigenvalue weighted by molar-refractivity contribution is -0.127. The number of anilines is 1. The van der Waals surface area contributed by atoms with Crippen molar-refractivity contribution in [3.63, 3.8) is 0 Å². The van der Waals surface area contributed by atoms with Crippen LogP contribution >= 0.6 is 0 Å². The minimum Gasteiger partial charge on any atom is -0.497 e. The third-order valence-electron chi connectivity index (χ3n) is 3.15. The van der Waals surface area contributed by atoms with E-state index in [0.717, 1.165) is 12.1 Å². The summed E-state index contributed by atoms with van der Waals surface area (Å²) in [5.74, 6) is -1.54. The molecule has 8 heteroatoms. The molecule has 2 amide bonds. The van der Waals surface area contributed by atoms with Crippen molar-refractivity contribution < 1.29 is 27.9 Å². The van der Waals surface area contributed by atoms with Crippen LogP contribution in [-0.4, -0.2) is 32.1 Å². The van der Waals surface area contributed by atoms with E-state index in [4.69, 9.17) is 9.47 Å². The molecule has 0 aliphatic carbocycles. The van der Waals surface area contributed by atoms with Crippen LogP contribution in [-0.2, 0) is 9.59 Å². The topological polar surface area (TPSA) is 67.9 Å². The average molecular weight is 350 g/mol. The predicted octanol–water partition coefficient (Wildman–Crippen LogP) is 2.25. The molecule has 0 spiro atoms. The Morgan fingerprint density at radius 1 is 1.08 bits per heavy atom. The number of nitrogens with zero attached hydrogens (tertiary/aromatic N) is 1. The molecule has 0 aliphatic heterocycles. The number of rotatable bonds is 7. The fourth-order valence-electron chi connectivity index (χ4n) is 1.86. The third kappa shape index (κ3) is 5.17. The number of carbonyl (C=O) groups excluding carboxylic acids is 2. The van der Waals surface area contributed by atoms with Crippen LogP contribution in [0.2, 0.25) is 0 Å². The Bertz CT molecular complexity index is 738. The van der Waals surface area contributed by atoms with E-state index in [-0.39, 0.29) is 11.7 Å². The Balaban J connectivity index is 1.79. The summed E-state index contributed by atoms with van der Waals surface area (Å²) < 4.78 is 37.4. The number of amides is 2. The normalized spacial score (nSPS) is 10.0. The molecule has 0 atom stereocenters. The van der Waals surface area contributed by atoms with Gasteiger partial charge in [0.15, 0.2) is 6.61 Å². The van der Waals surface area contributed by atoms with Crippen LogP contribution in [0.1, 0.15) is 0 Å². The van der Waals surface area contributed by atoms with Crippen molar-refractivity contribution in [1.82, 2.24) is 5.32 Å². The van der Waals surface area contributed by atoms with Crippen LogP contribution in [0, 0.1) is 5.82 Å². The number of methoxy groups -OCH3 is 1. The molecule has 0 aromatic heterocycles. The van der Waals surface area contributed by atoms with Gasteiger partial charge in [0.25, 0.3) is 11.8 Å². The molecule has 0 heterocycles. The largest absolute Gasteiger partial charge is 0.497 e. The first-order valence-electron chi connectivity index (χ1n) is 7.28. The highest BCUT2D eigenvalue weighted by atomic mass is 19.2. The van der Waals surface area contributed by atoms with Crippen LogP contribution < -0.4 is 19.9 Å². The van der Waals surface area contributed by atoms with E-state index in [9.17, 15) is 18.5 Å². The number of carbonyl (C=O) groups is 2. The molecule has 25 heavy (non-hydrogen) atoms. The predicted molar refractivity (Wildman–Crippen MR) is 86.5 cm³/mol. The Hall–Kier alpha value is -3.16. The van der Waals surface area contributed by atoms with Crippen LogP contribution in [0.3, 0.4) is 0 Å². The lowest BCUT2D eigenvalue weighted by Gasteiger charge is -2.13. The number of nitrogens with one attached hydrogen (secondary N) is 1. The summed E-state index contributed by atoms with van der Waals surface area (Å²) >= 11 is 0. The van der Waals surface area contributed by atoms with Gasteiger partial charge in [-0.25, -0.2) is 4.39 Å². The number of para-hydroxylation sites is 1. The van der Waals surface area contributed by atoms with E-state index in [1.165, 1.54) is 19.2 Å². The fourth-order valence-corrected chi connectivity index (χ4v) is 1.86. The Kier molecular flexibility index (Phi) is 6.27. The Morgan fingerprint density at radius 2 is 1.72 bits per heavy atom. The first kappa shape index (κ1) is 18.2. The van der Waals surface area contributed by atoms with Crippen LogP contribution in [0.5, 0.6) is 11.5 Å². The van der Waals surface area contributed by atoms with Gasteiger partial charge >= 0.3 is 0 Å². The maximum atomic E-state index is 13.8. The SMILES string of the molecule is COc1ccc(OCC(=O)NCC(=O)N(F)c2ccccc2F)cc1. The second kappa shape index (κ2) is 8.62. The Morgan fingerprint density at radius 3 is 2.36 bits per heavy atom. The van der Waals surface area contributed by atoms with E-state index in [2.05, 4.69) is 5.32 Å². The summed E-state index contributed by atoms with van der Waals surface area (Å²) in [6.45, 7) is -0.985. The molecular formula is C17H16F2N2O4. The van der Waals surface area contributed by atoms with Crippen LogP contribution in [0.4, 0.5) is 14.6 Å². The molecule has 2 aromatic rings. The van der Waals surface area contributed by atoms with Crippen LogP contribution in [0.25, 0.3) is 0 Å². The van der Waals surface area contributed by atoms with Crippen molar-refractivity contribution in [2.45, 2.75) is 0 Å². The molecule has 0 saturated heterocycles. The van der Waals surface area contributed by atoms with Gasteiger partial charge in [-0.2, -0.15) is 0 Å².